The highest BCUT2D eigenvalue weighted by atomic mass is 35.5. The first-order chi connectivity index (χ1) is 17.5. The van der Waals surface area contributed by atoms with E-state index < -0.39 is 0 Å². The van der Waals surface area contributed by atoms with Crippen molar-refractivity contribution >= 4 is 46.0 Å². The lowest BCUT2D eigenvalue weighted by Crippen LogP contribution is -2.49. The van der Waals surface area contributed by atoms with Gasteiger partial charge in [-0.3, -0.25) is 10.4 Å². The SMILES string of the molecule is COc1cc(OC)c(Cl)c(-c2ccc3c(NC(=O)N4CCC(N5CCCCC5)CC4)n[nH]c3c2)c1Cl. The number of nitrogens with one attached hydrogen (secondary N) is 2. The summed E-state index contributed by atoms with van der Waals surface area (Å²) in [6.45, 7) is 3.90. The van der Waals surface area contributed by atoms with Gasteiger partial charge in [0, 0.05) is 36.1 Å². The van der Waals surface area contributed by atoms with Crippen LogP contribution in [0.15, 0.2) is 24.3 Å². The molecule has 8 nitrogen and oxygen atoms in total. The zero-order valence-electron chi connectivity index (χ0n) is 20.6. The zero-order valence-corrected chi connectivity index (χ0v) is 22.1. The Kier molecular flexibility index (Phi) is 7.46. The van der Waals surface area contributed by atoms with Gasteiger partial charge in [0.05, 0.1) is 29.8 Å². The fourth-order valence-electron chi connectivity index (χ4n) is 5.31. The molecule has 2 saturated heterocycles. The largest absolute Gasteiger partial charge is 0.495 e. The number of amides is 2. The number of carbonyl (C=O) groups excluding carboxylic acids is 1. The topological polar surface area (TPSA) is 82.7 Å². The predicted molar refractivity (Wildman–Crippen MR) is 144 cm³/mol. The zero-order chi connectivity index (χ0) is 25.2. The first kappa shape index (κ1) is 25.0. The van der Waals surface area contributed by atoms with Gasteiger partial charge in [-0.25, -0.2) is 4.79 Å². The average molecular weight is 532 g/mol. The maximum atomic E-state index is 13.0. The lowest BCUT2D eigenvalue weighted by atomic mass is 10.00. The molecule has 3 aromatic rings. The van der Waals surface area contributed by atoms with Crippen LogP contribution in [-0.4, -0.2) is 72.5 Å². The standard InChI is InChI=1S/C26H31Cl2N5O3/c1-35-20-15-21(36-2)24(28)22(23(20)27)16-6-7-18-19(14-16)30-31-25(18)29-26(34)33-12-8-17(9-13-33)32-10-4-3-5-11-32/h6-7,14-15,17H,3-5,8-13H2,1-2H3,(H2,29,30,31,34). The summed E-state index contributed by atoms with van der Waals surface area (Å²) in [5.41, 5.74) is 2.13. The van der Waals surface area contributed by atoms with E-state index in [1.165, 1.54) is 32.4 Å². The normalized spacial score (nSPS) is 17.4. The monoisotopic (exact) mass is 531 g/mol. The second-order valence-corrected chi connectivity index (χ2v) is 10.1. The number of halogens is 2. The number of fused-ring (bicyclic) bond motifs is 1. The Morgan fingerprint density at radius 1 is 1.00 bits per heavy atom. The molecule has 0 spiro atoms. The first-order valence-corrected chi connectivity index (χ1v) is 13.1. The number of H-pyrrole nitrogens is 1. The molecule has 3 heterocycles. The van der Waals surface area contributed by atoms with E-state index in [1.54, 1.807) is 20.3 Å². The fraction of sp³-hybridized carbons (Fsp3) is 0.462. The van der Waals surface area contributed by atoms with Crippen molar-refractivity contribution in [1.29, 1.82) is 0 Å². The molecule has 5 rings (SSSR count). The highest BCUT2D eigenvalue weighted by molar-refractivity contribution is 6.41. The number of benzene rings is 2. The van der Waals surface area contributed by atoms with Crippen LogP contribution in [-0.2, 0) is 0 Å². The fourth-order valence-corrected chi connectivity index (χ4v) is 6.03. The molecule has 2 amide bonds. The van der Waals surface area contributed by atoms with Crippen LogP contribution >= 0.6 is 23.2 Å². The quantitative estimate of drug-likeness (QED) is 0.419. The average Bonchev–Trinajstić information content (AvgIpc) is 3.31. The van der Waals surface area contributed by atoms with Crippen LogP contribution in [0.2, 0.25) is 10.0 Å². The number of aromatic nitrogens is 2. The number of likely N-dealkylation sites (tertiary alicyclic amines) is 2. The Morgan fingerprint density at radius 2 is 1.67 bits per heavy atom. The van der Waals surface area contributed by atoms with Gasteiger partial charge in [-0.1, -0.05) is 35.7 Å². The molecule has 0 aliphatic carbocycles. The number of methoxy groups -OCH3 is 2. The van der Waals surface area contributed by atoms with Gasteiger partial charge in [0.25, 0.3) is 0 Å². The Bertz CT molecular complexity index is 1220. The minimum atomic E-state index is -0.117. The van der Waals surface area contributed by atoms with Crippen LogP contribution in [0.3, 0.4) is 0 Å². The van der Waals surface area contributed by atoms with E-state index in [1.807, 2.05) is 23.1 Å². The van der Waals surface area contributed by atoms with Gasteiger partial charge in [-0.05, 0) is 56.5 Å². The number of nitrogens with zero attached hydrogens (tertiary/aromatic N) is 3. The van der Waals surface area contributed by atoms with E-state index >= 15 is 0 Å². The number of urea groups is 1. The predicted octanol–water partition coefficient (Wildman–Crippen LogP) is 6.04. The van der Waals surface area contributed by atoms with E-state index in [0.717, 1.165) is 42.4 Å². The van der Waals surface area contributed by atoms with Gasteiger partial charge in [-0.2, -0.15) is 5.10 Å². The summed E-state index contributed by atoms with van der Waals surface area (Å²) in [6, 6.07) is 7.81. The summed E-state index contributed by atoms with van der Waals surface area (Å²) in [5.74, 6) is 1.43. The summed E-state index contributed by atoms with van der Waals surface area (Å²) in [4.78, 5) is 17.5. The second kappa shape index (κ2) is 10.7. The van der Waals surface area contributed by atoms with Gasteiger partial charge >= 0.3 is 6.03 Å². The number of piperidine rings is 2. The lowest BCUT2D eigenvalue weighted by Gasteiger charge is -2.40. The van der Waals surface area contributed by atoms with Crippen LogP contribution in [0.1, 0.15) is 32.1 Å². The third-order valence-electron chi connectivity index (χ3n) is 7.31. The summed E-state index contributed by atoms with van der Waals surface area (Å²) >= 11 is 13.2. The van der Waals surface area contributed by atoms with Crippen molar-refractivity contribution < 1.29 is 14.3 Å². The van der Waals surface area contributed by atoms with E-state index in [0.29, 0.717) is 39.0 Å². The summed E-state index contributed by atoms with van der Waals surface area (Å²) < 4.78 is 10.8. The van der Waals surface area contributed by atoms with Gasteiger partial charge in [0.15, 0.2) is 5.82 Å². The van der Waals surface area contributed by atoms with Gasteiger partial charge in [0.2, 0.25) is 0 Å². The molecule has 10 heteroatoms. The smallest absolute Gasteiger partial charge is 0.323 e. The number of hydrogen-bond donors (Lipinski definition) is 2. The maximum absolute atomic E-state index is 13.0. The third-order valence-corrected chi connectivity index (χ3v) is 8.06. The molecule has 2 aromatic carbocycles. The van der Waals surface area contributed by atoms with Crippen molar-refractivity contribution in [3.8, 4) is 22.6 Å². The van der Waals surface area contributed by atoms with Gasteiger partial charge in [-0.15, -0.1) is 0 Å². The third kappa shape index (κ3) is 4.82. The van der Waals surface area contributed by atoms with Crippen LogP contribution in [0.25, 0.3) is 22.0 Å². The van der Waals surface area contributed by atoms with Crippen LogP contribution in [0.5, 0.6) is 11.5 Å². The summed E-state index contributed by atoms with van der Waals surface area (Å²) in [6.07, 6.45) is 5.95. The molecule has 0 bridgehead atoms. The number of ether oxygens (including phenoxy) is 2. The number of hydrogen-bond acceptors (Lipinski definition) is 5. The maximum Gasteiger partial charge on any atom is 0.323 e. The highest BCUT2D eigenvalue weighted by Gasteiger charge is 2.28. The minimum absolute atomic E-state index is 0.117. The van der Waals surface area contributed by atoms with Gasteiger partial charge in [0.1, 0.15) is 11.5 Å². The molecular formula is C26H31Cl2N5O3. The Hall–Kier alpha value is -2.68. The Labute approximate surface area is 220 Å². The van der Waals surface area contributed by atoms with Crippen molar-refractivity contribution in [2.45, 2.75) is 38.1 Å². The molecule has 2 aliphatic rings. The Morgan fingerprint density at radius 3 is 2.31 bits per heavy atom. The Balaban J connectivity index is 1.31. The van der Waals surface area contributed by atoms with E-state index in [-0.39, 0.29) is 6.03 Å². The minimum Gasteiger partial charge on any atom is -0.495 e. The van der Waals surface area contributed by atoms with E-state index in [9.17, 15) is 4.79 Å². The molecule has 36 heavy (non-hydrogen) atoms. The van der Waals surface area contributed by atoms with Crippen molar-refractivity contribution in [1.82, 2.24) is 20.0 Å². The number of carbonyl (C=O) groups is 1. The van der Waals surface area contributed by atoms with Crippen LogP contribution in [0, 0.1) is 0 Å². The van der Waals surface area contributed by atoms with Gasteiger partial charge < -0.3 is 19.3 Å². The number of aromatic amines is 1. The molecule has 1 aromatic heterocycles. The van der Waals surface area contributed by atoms with Crippen LogP contribution in [0.4, 0.5) is 10.6 Å². The highest BCUT2D eigenvalue weighted by Crippen LogP contribution is 2.46. The molecular weight excluding hydrogens is 501 g/mol. The first-order valence-electron chi connectivity index (χ1n) is 12.4. The molecule has 0 unspecified atom stereocenters. The summed E-state index contributed by atoms with van der Waals surface area (Å²) in [5, 5.41) is 11.9. The van der Waals surface area contributed by atoms with E-state index in [2.05, 4.69) is 20.4 Å². The number of rotatable bonds is 5. The lowest BCUT2D eigenvalue weighted by molar-refractivity contribution is 0.104. The molecule has 2 aliphatic heterocycles. The molecule has 0 atom stereocenters. The second-order valence-electron chi connectivity index (χ2n) is 9.36. The molecule has 0 radical (unpaired) electrons. The molecule has 2 fully saturated rings. The van der Waals surface area contributed by atoms with E-state index in [4.69, 9.17) is 32.7 Å². The summed E-state index contributed by atoms with van der Waals surface area (Å²) in [7, 11) is 3.09. The molecule has 0 saturated carbocycles. The van der Waals surface area contributed by atoms with Crippen molar-refractivity contribution in [2.24, 2.45) is 0 Å². The molecule has 192 valence electrons. The molecule has 2 N–H and O–H groups in total. The van der Waals surface area contributed by atoms with Crippen molar-refractivity contribution in [2.75, 3.05) is 45.7 Å². The van der Waals surface area contributed by atoms with Crippen LogP contribution < -0.4 is 14.8 Å². The van der Waals surface area contributed by atoms with Crippen molar-refractivity contribution in [3.05, 3.63) is 34.3 Å². The van der Waals surface area contributed by atoms with Crippen molar-refractivity contribution in [3.63, 3.8) is 0 Å². The number of anilines is 1.